The van der Waals surface area contributed by atoms with Gasteiger partial charge in [-0.2, -0.15) is 0 Å². The zero-order valence-corrected chi connectivity index (χ0v) is 23.9. The number of fused-ring (bicyclic) bond motifs is 1. The van der Waals surface area contributed by atoms with Crippen molar-refractivity contribution in [2.75, 3.05) is 13.7 Å². The molecule has 0 radical (unpaired) electrons. The molecule has 0 spiro atoms. The molecule has 1 unspecified atom stereocenters. The van der Waals surface area contributed by atoms with Gasteiger partial charge in [0.2, 0.25) is 5.91 Å². The summed E-state index contributed by atoms with van der Waals surface area (Å²) in [5.74, 6) is -1.11. The molecule has 1 aliphatic heterocycles. The Morgan fingerprint density at radius 1 is 0.902 bits per heavy atom. The summed E-state index contributed by atoms with van der Waals surface area (Å²) in [4.78, 5) is 28.3. The summed E-state index contributed by atoms with van der Waals surface area (Å²) in [6.07, 6.45) is 0.771. The average Bonchev–Trinajstić information content (AvgIpc) is 2.99. The van der Waals surface area contributed by atoms with E-state index in [4.69, 9.17) is 32.7 Å². The number of aliphatic carboxylic acids is 1. The number of amides is 1. The molecule has 1 amide bonds. The molecule has 1 heterocycles. The van der Waals surface area contributed by atoms with E-state index in [0.29, 0.717) is 45.7 Å². The van der Waals surface area contributed by atoms with E-state index >= 15 is 0 Å². The minimum Gasteiger partial charge on any atom is -0.493 e. The van der Waals surface area contributed by atoms with Crippen molar-refractivity contribution in [3.8, 4) is 11.5 Å². The minimum atomic E-state index is -1.10. The second kappa shape index (κ2) is 12.7. The molecule has 0 aliphatic carbocycles. The number of methoxy groups -OCH3 is 1. The third-order valence-corrected chi connectivity index (χ3v) is 7.86. The van der Waals surface area contributed by atoms with E-state index in [0.717, 1.165) is 16.7 Å². The van der Waals surface area contributed by atoms with Crippen molar-refractivity contribution in [2.45, 2.75) is 31.3 Å². The highest BCUT2D eigenvalue weighted by Crippen LogP contribution is 2.40. The van der Waals surface area contributed by atoms with E-state index in [9.17, 15) is 14.7 Å². The first-order valence-corrected chi connectivity index (χ1v) is 14.0. The average molecular weight is 591 g/mol. The predicted octanol–water partition coefficient (Wildman–Crippen LogP) is 6.79. The molecule has 4 aromatic carbocycles. The summed E-state index contributed by atoms with van der Waals surface area (Å²) < 4.78 is 11.8. The monoisotopic (exact) mass is 589 g/mol. The van der Waals surface area contributed by atoms with Crippen molar-refractivity contribution in [1.29, 1.82) is 0 Å². The van der Waals surface area contributed by atoms with Crippen LogP contribution in [0.4, 0.5) is 0 Å². The summed E-state index contributed by atoms with van der Waals surface area (Å²) in [5.41, 5.74) is 4.10. The van der Waals surface area contributed by atoms with Gasteiger partial charge in [-0.1, -0.05) is 83.9 Å². The normalized spacial score (nSPS) is 14.4. The van der Waals surface area contributed by atoms with Crippen LogP contribution < -0.4 is 9.47 Å². The summed E-state index contributed by atoms with van der Waals surface area (Å²) in [6.45, 7) is 0.508. The van der Waals surface area contributed by atoms with Gasteiger partial charge in [-0.25, -0.2) is 4.79 Å². The van der Waals surface area contributed by atoms with Gasteiger partial charge in [0.15, 0.2) is 11.5 Å². The van der Waals surface area contributed by atoms with Crippen LogP contribution in [0.2, 0.25) is 10.0 Å². The van der Waals surface area contributed by atoms with Crippen LogP contribution in [0, 0.1) is 0 Å². The Labute approximate surface area is 249 Å². The zero-order valence-electron chi connectivity index (χ0n) is 22.4. The van der Waals surface area contributed by atoms with Gasteiger partial charge in [0.25, 0.3) is 0 Å². The molecule has 0 saturated carbocycles. The lowest BCUT2D eigenvalue weighted by Crippen LogP contribution is -2.50. The number of benzene rings is 4. The van der Waals surface area contributed by atoms with E-state index in [2.05, 4.69) is 0 Å². The number of nitrogens with zero attached hydrogens (tertiary/aromatic N) is 1. The fourth-order valence-corrected chi connectivity index (χ4v) is 5.51. The fraction of sp³-hybridized carbons (Fsp3) is 0.212. The number of halogens is 2. The molecule has 41 heavy (non-hydrogen) atoms. The van der Waals surface area contributed by atoms with E-state index in [1.165, 1.54) is 4.90 Å². The van der Waals surface area contributed by atoms with E-state index < -0.39 is 17.9 Å². The van der Waals surface area contributed by atoms with Crippen LogP contribution in [0.3, 0.4) is 0 Å². The Morgan fingerprint density at radius 3 is 2.07 bits per heavy atom. The lowest BCUT2D eigenvalue weighted by atomic mass is 9.86. The van der Waals surface area contributed by atoms with Crippen molar-refractivity contribution in [3.05, 3.63) is 129 Å². The number of hydrogen-bond donors (Lipinski definition) is 1. The maximum absolute atomic E-state index is 14.3. The quantitative estimate of drug-likeness (QED) is 0.232. The maximum Gasteiger partial charge on any atom is 0.326 e. The molecule has 210 valence electrons. The standard InChI is InChI=1S/C33H29Cl2NO5/c1-40-29-16-11-24-20-36(28(33(38)39)19-27(24)31(29)41-18-17-21-5-3-2-4-6-21)32(37)30(22-7-12-25(34)13-8-22)23-9-14-26(35)15-10-23/h2-16,28,30H,17-20H2,1H3,(H,38,39). The summed E-state index contributed by atoms with van der Waals surface area (Å²) in [7, 11) is 1.56. The van der Waals surface area contributed by atoms with Crippen LogP contribution in [0.15, 0.2) is 91.0 Å². The SMILES string of the molecule is COc1ccc2c(c1OCCc1ccccc1)CC(C(=O)O)N(C(=O)C(c1ccc(Cl)cc1)c1ccc(Cl)cc1)C2. The second-order valence-corrected chi connectivity index (χ2v) is 10.8. The van der Waals surface area contributed by atoms with Gasteiger partial charge < -0.3 is 19.5 Å². The number of carbonyl (C=O) groups is 2. The molecule has 5 rings (SSSR count). The van der Waals surface area contributed by atoms with Gasteiger partial charge in [0.05, 0.1) is 19.6 Å². The molecule has 1 aliphatic rings. The molecule has 0 saturated heterocycles. The van der Waals surface area contributed by atoms with Crippen molar-refractivity contribution >= 4 is 35.1 Å². The van der Waals surface area contributed by atoms with Crippen molar-refractivity contribution in [3.63, 3.8) is 0 Å². The minimum absolute atomic E-state index is 0.0855. The third kappa shape index (κ3) is 6.34. The number of ether oxygens (including phenoxy) is 2. The zero-order chi connectivity index (χ0) is 28.9. The Morgan fingerprint density at radius 2 is 1.51 bits per heavy atom. The number of carboxylic acids is 1. The van der Waals surface area contributed by atoms with Crippen LogP contribution >= 0.6 is 23.2 Å². The second-order valence-electron chi connectivity index (χ2n) is 9.88. The molecule has 0 aromatic heterocycles. The van der Waals surface area contributed by atoms with Crippen LogP contribution in [0.5, 0.6) is 11.5 Å². The first-order chi connectivity index (χ1) is 19.9. The highest BCUT2D eigenvalue weighted by molar-refractivity contribution is 6.30. The Hall–Kier alpha value is -4.00. The number of rotatable bonds is 9. The molecular weight excluding hydrogens is 561 g/mol. The van der Waals surface area contributed by atoms with Crippen molar-refractivity contribution in [2.24, 2.45) is 0 Å². The van der Waals surface area contributed by atoms with Gasteiger partial charge in [0.1, 0.15) is 6.04 Å². The molecule has 0 fully saturated rings. The Balaban J connectivity index is 1.49. The predicted molar refractivity (Wildman–Crippen MR) is 159 cm³/mol. The van der Waals surface area contributed by atoms with E-state index in [1.807, 2.05) is 36.4 Å². The fourth-order valence-electron chi connectivity index (χ4n) is 5.26. The number of carbonyl (C=O) groups excluding carboxylic acids is 1. The van der Waals surface area contributed by atoms with Crippen molar-refractivity contribution in [1.82, 2.24) is 4.90 Å². The van der Waals surface area contributed by atoms with Gasteiger partial charge >= 0.3 is 5.97 Å². The molecule has 1 N–H and O–H groups in total. The van der Waals surface area contributed by atoms with E-state index in [-0.39, 0.29) is 18.9 Å². The topological polar surface area (TPSA) is 76.1 Å². The van der Waals surface area contributed by atoms with E-state index in [1.54, 1.807) is 61.7 Å². The van der Waals surface area contributed by atoms with Crippen LogP contribution in [-0.4, -0.2) is 41.6 Å². The first kappa shape index (κ1) is 28.5. The smallest absolute Gasteiger partial charge is 0.326 e. The summed E-state index contributed by atoms with van der Waals surface area (Å²) in [5, 5.41) is 11.4. The number of carboxylic acid groups (broad SMARTS) is 1. The molecule has 1 atom stereocenters. The maximum atomic E-state index is 14.3. The molecular formula is C33H29Cl2NO5. The summed E-state index contributed by atoms with van der Waals surface area (Å²) >= 11 is 12.3. The molecule has 0 bridgehead atoms. The highest BCUT2D eigenvalue weighted by atomic mass is 35.5. The lowest BCUT2D eigenvalue weighted by molar-refractivity contribution is -0.151. The van der Waals surface area contributed by atoms with Crippen molar-refractivity contribution < 1.29 is 24.2 Å². The van der Waals surface area contributed by atoms with Crippen LogP contribution in [0.25, 0.3) is 0 Å². The van der Waals surface area contributed by atoms with Gasteiger partial charge in [-0.15, -0.1) is 0 Å². The summed E-state index contributed by atoms with van der Waals surface area (Å²) in [6, 6.07) is 26.6. The molecule has 4 aromatic rings. The van der Waals surface area contributed by atoms with Gasteiger partial charge in [-0.05, 0) is 52.6 Å². The molecule has 6 nitrogen and oxygen atoms in total. The highest BCUT2D eigenvalue weighted by Gasteiger charge is 2.40. The van der Waals surface area contributed by atoms with Gasteiger partial charge in [0, 0.05) is 35.0 Å². The largest absolute Gasteiger partial charge is 0.493 e. The molecule has 8 heteroatoms. The van der Waals surface area contributed by atoms with Gasteiger partial charge in [-0.3, -0.25) is 4.79 Å². The third-order valence-electron chi connectivity index (χ3n) is 7.36. The van der Waals surface area contributed by atoms with Crippen LogP contribution in [-0.2, 0) is 29.0 Å². The van der Waals surface area contributed by atoms with Crippen LogP contribution in [0.1, 0.15) is 33.7 Å². The lowest BCUT2D eigenvalue weighted by Gasteiger charge is -2.37. The first-order valence-electron chi connectivity index (χ1n) is 13.3. The number of hydrogen-bond acceptors (Lipinski definition) is 4. The Bertz CT molecular complexity index is 1480. The Kier molecular flexibility index (Phi) is 8.81.